The van der Waals surface area contributed by atoms with E-state index in [0.29, 0.717) is 18.7 Å². The first-order valence-corrected chi connectivity index (χ1v) is 6.84. The minimum absolute atomic E-state index is 0.0309. The molecule has 20 heavy (non-hydrogen) atoms. The molecule has 2 rings (SSSR count). The molecule has 4 nitrogen and oxygen atoms in total. The molecule has 1 heterocycles. The van der Waals surface area contributed by atoms with Crippen LogP contribution >= 0.6 is 0 Å². The van der Waals surface area contributed by atoms with Gasteiger partial charge in [0.05, 0.1) is 19.1 Å². The molecule has 0 N–H and O–H groups in total. The first-order valence-electron chi connectivity index (χ1n) is 6.84. The van der Waals surface area contributed by atoms with Crippen LogP contribution in [0.4, 0.5) is 4.39 Å². The van der Waals surface area contributed by atoms with Gasteiger partial charge >= 0.3 is 0 Å². The Bertz CT molecular complexity index is 467. The summed E-state index contributed by atoms with van der Waals surface area (Å²) in [4.78, 5) is 15.9. The highest BCUT2D eigenvalue weighted by molar-refractivity contribution is 5.78. The van der Waals surface area contributed by atoms with Crippen LogP contribution in [-0.4, -0.2) is 62.1 Å². The lowest BCUT2D eigenvalue weighted by Gasteiger charge is -2.32. The third kappa shape index (κ3) is 4.02. The van der Waals surface area contributed by atoms with Gasteiger partial charge in [-0.15, -0.1) is 0 Å². The summed E-state index contributed by atoms with van der Waals surface area (Å²) in [7, 11) is 3.78. The lowest BCUT2D eigenvalue weighted by molar-refractivity contribution is -0.132. The van der Waals surface area contributed by atoms with Gasteiger partial charge in [0.1, 0.15) is 5.82 Å². The summed E-state index contributed by atoms with van der Waals surface area (Å²) in [6, 6.07) is 6.39. The van der Waals surface area contributed by atoms with E-state index < -0.39 is 0 Å². The summed E-state index contributed by atoms with van der Waals surface area (Å²) in [5.74, 6) is -0.421. The smallest absolute Gasteiger partial charge is 0.226 e. The summed E-state index contributed by atoms with van der Waals surface area (Å²) >= 11 is 0. The molecule has 1 saturated heterocycles. The van der Waals surface area contributed by atoms with E-state index in [2.05, 4.69) is 4.90 Å². The van der Waals surface area contributed by atoms with Crippen molar-refractivity contribution in [1.82, 2.24) is 9.80 Å². The second kappa shape index (κ2) is 6.81. The van der Waals surface area contributed by atoms with Crippen LogP contribution in [0.15, 0.2) is 24.3 Å². The summed E-state index contributed by atoms with van der Waals surface area (Å²) in [5, 5.41) is 0. The van der Waals surface area contributed by atoms with E-state index in [1.807, 2.05) is 7.05 Å². The van der Waals surface area contributed by atoms with Crippen molar-refractivity contribution in [2.75, 3.05) is 40.3 Å². The third-order valence-electron chi connectivity index (χ3n) is 3.54. The van der Waals surface area contributed by atoms with E-state index >= 15 is 0 Å². The van der Waals surface area contributed by atoms with E-state index in [0.717, 1.165) is 13.1 Å². The fourth-order valence-electron chi connectivity index (χ4n) is 2.32. The maximum atomic E-state index is 13.5. The van der Waals surface area contributed by atoms with Gasteiger partial charge in [-0.05, 0) is 18.7 Å². The molecule has 1 amide bonds. The van der Waals surface area contributed by atoms with Crippen molar-refractivity contribution < 1.29 is 13.9 Å². The normalized spacial score (nSPS) is 19.9. The largest absolute Gasteiger partial charge is 0.374 e. The minimum atomic E-state index is -0.331. The van der Waals surface area contributed by atoms with Crippen molar-refractivity contribution in [3.05, 3.63) is 35.6 Å². The Hall–Kier alpha value is -1.46. The number of hydrogen-bond acceptors (Lipinski definition) is 3. The number of rotatable bonds is 4. The quantitative estimate of drug-likeness (QED) is 0.829. The summed E-state index contributed by atoms with van der Waals surface area (Å²) in [6.45, 7) is 2.97. The van der Waals surface area contributed by atoms with Crippen molar-refractivity contribution in [3.63, 3.8) is 0 Å². The van der Waals surface area contributed by atoms with E-state index in [4.69, 9.17) is 4.74 Å². The molecule has 0 aromatic heterocycles. The molecule has 0 radical (unpaired) electrons. The third-order valence-corrected chi connectivity index (χ3v) is 3.54. The molecule has 5 heteroatoms. The fourth-order valence-corrected chi connectivity index (χ4v) is 2.32. The molecule has 1 atom stereocenters. The van der Waals surface area contributed by atoms with Crippen LogP contribution in [-0.2, 0) is 16.0 Å². The van der Waals surface area contributed by atoms with Crippen LogP contribution in [0.3, 0.4) is 0 Å². The minimum Gasteiger partial charge on any atom is -0.374 e. The molecule has 1 unspecified atom stereocenters. The number of halogens is 1. The van der Waals surface area contributed by atoms with Gasteiger partial charge in [0.15, 0.2) is 0 Å². The molecule has 1 fully saturated rings. The number of likely N-dealkylation sites (N-methyl/N-ethyl adjacent to an activating group) is 2. The Labute approximate surface area is 119 Å². The summed E-state index contributed by atoms with van der Waals surface area (Å²) in [6.07, 6.45) is 0.120. The van der Waals surface area contributed by atoms with Crippen molar-refractivity contribution in [3.8, 4) is 0 Å². The molecule has 110 valence electrons. The topological polar surface area (TPSA) is 32.8 Å². The fraction of sp³-hybridized carbons (Fsp3) is 0.533. The van der Waals surface area contributed by atoms with Crippen molar-refractivity contribution >= 4 is 5.91 Å². The van der Waals surface area contributed by atoms with Crippen LogP contribution in [0.5, 0.6) is 0 Å². The highest BCUT2D eigenvalue weighted by Gasteiger charge is 2.21. The van der Waals surface area contributed by atoms with Crippen molar-refractivity contribution in [1.29, 1.82) is 0 Å². The molecular formula is C15H21FN2O2. The standard InChI is InChI=1S/C15H21FN2O2/c1-17-7-8-20-13(10-17)11-18(2)15(19)9-12-5-3-4-6-14(12)16/h3-6,13H,7-11H2,1-2H3. The lowest BCUT2D eigenvalue weighted by atomic mass is 10.1. The average molecular weight is 280 g/mol. The Morgan fingerprint density at radius 1 is 1.50 bits per heavy atom. The number of amides is 1. The molecule has 0 bridgehead atoms. The second-order valence-corrected chi connectivity index (χ2v) is 5.30. The van der Waals surface area contributed by atoms with Crippen LogP contribution in [0, 0.1) is 5.82 Å². The average Bonchev–Trinajstić information content (AvgIpc) is 2.41. The van der Waals surface area contributed by atoms with Crippen LogP contribution in [0.25, 0.3) is 0 Å². The first-order chi connectivity index (χ1) is 9.56. The van der Waals surface area contributed by atoms with Gasteiger partial charge < -0.3 is 14.5 Å². The molecule has 1 aliphatic heterocycles. The number of nitrogens with zero attached hydrogens (tertiary/aromatic N) is 2. The predicted octanol–water partition coefficient (Wildman–Crippen LogP) is 1.16. The number of hydrogen-bond donors (Lipinski definition) is 0. The van der Waals surface area contributed by atoms with E-state index in [1.54, 1.807) is 30.1 Å². The van der Waals surface area contributed by atoms with Gasteiger partial charge in [-0.25, -0.2) is 4.39 Å². The van der Waals surface area contributed by atoms with Gasteiger partial charge in [0, 0.05) is 26.7 Å². The lowest BCUT2D eigenvalue weighted by Crippen LogP contribution is -2.46. The van der Waals surface area contributed by atoms with Gasteiger partial charge in [-0.3, -0.25) is 4.79 Å². The van der Waals surface area contributed by atoms with E-state index in [1.165, 1.54) is 6.07 Å². The van der Waals surface area contributed by atoms with Crippen LogP contribution in [0.2, 0.25) is 0 Å². The zero-order chi connectivity index (χ0) is 14.5. The van der Waals surface area contributed by atoms with Crippen LogP contribution < -0.4 is 0 Å². The molecule has 0 aliphatic carbocycles. The van der Waals surface area contributed by atoms with E-state index in [9.17, 15) is 9.18 Å². The molecule has 0 saturated carbocycles. The van der Waals surface area contributed by atoms with Crippen molar-refractivity contribution in [2.45, 2.75) is 12.5 Å². The first kappa shape index (κ1) is 14.9. The number of carbonyl (C=O) groups is 1. The van der Waals surface area contributed by atoms with Crippen molar-refractivity contribution in [2.24, 2.45) is 0 Å². The summed E-state index contributed by atoms with van der Waals surface area (Å²) in [5.41, 5.74) is 0.436. The van der Waals surface area contributed by atoms with E-state index in [-0.39, 0.29) is 24.2 Å². The molecule has 0 spiro atoms. The molecular weight excluding hydrogens is 259 g/mol. The van der Waals surface area contributed by atoms with Gasteiger partial charge in [-0.2, -0.15) is 0 Å². The van der Waals surface area contributed by atoms with Gasteiger partial charge in [-0.1, -0.05) is 18.2 Å². The Morgan fingerprint density at radius 3 is 2.95 bits per heavy atom. The molecule has 1 aliphatic rings. The Morgan fingerprint density at radius 2 is 2.25 bits per heavy atom. The Kier molecular flexibility index (Phi) is 5.09. The maximum absolute atomic E-state index is 13.5. The number of benzene rings is 1. The predicted molar refractivity (Wildman–Crippen MR) is 75.0 cm³/mol. The van der Waals surface area contributed by atoms with Crippen LogP contribution in [0.1, 0.15) is 5.56 Å². The molecule has 1 aromatic carbocycles. The monoisotopic (exact) mass is 280 g/mol. The molecule has 1 aromatic rings. The highest BCUT2D eigenvalue weighted by atomic mass is 19.1. The number of carbonyl (C=O) groups excluding carboxylic acids is 1. The number of morpholine rings is 1. The zero-order valence-electron chi connectivity index (χ0n) is 12.0. The SMILES string of the molecule is CN1CCOC(CN(C)C(=O)Cc2ccccc2F)C1. The summed E-state index contributed by atoms with van der Waals surface area (Å²) < 4.78 is 19.2. The number of ether oxygens (including phenoxy) is 1. The van der Waals surface area contributed by atoms with Gasteiger partial charge in [0.2, 0.25) is 5.91 Å². The Balaban J connectivity index is 1.87. The second-order valence-electron chi connectivity index (χ2n) is 5.30. The zero-order valence-corrected chi connectivity index (χ0v) is 12.0. The maximum Gasteiger partial charge on any atom is 0.226 e. The highest BCUT2D eigenvalue weighted by Crippen LogP contribution is 2.10. The van der Waals surface area contributed by atoms with Gasteiger partial charge in [0.25, 0.3) is 0 Å².